The molecule has 3 nitrogen and oxygen atoms in total. The first-order valence-electron chi connectivity index (χ1n) is 6.24. The van der Waals surface area contributed by atoms with Crippen LogP contribution >= 0.6 is 0 Å². The van der Waals surface area contributed by atoms with E-state index < -0.39 is 5.54 Å². The lowest BCUT2D eigenvalue weighted by molar-refractivity contribution is 0.432. The number of isocyanates is 1. The molecule has 1 aromatic carbocycles. The number of phenols is 1. The van der Waals surface area contributed by atoms with Crippen molar-refractivity contribution >= 4 is 6.08 Å². The Balaban J connectivity index is 2.65. The summed E-state index contributed by atoms with van der Waals surface area (Å²) in [5.74, 6) is 0.291. The zero-order chi connectivity index (χ0) is 13.6. The second-order valence-corrected chi connectivity index (χ2v) is 6.14. The van der Waals surface area contributed by atoms with Crippen LogP contribution in [-0.4, -0.2) is 11.2 Å². The van der Waals surface area contributed by atoms with E-state index in [1.807, 2.05) is 19.1 Å². The van der Waals surface area contributed by atoms with Gasteiger partial charge in [0.1, 0.15) is 11.3 Å². The summed E-state index contributed by atoms with van der Waals surface area (Å²) < 4.78 is 0. The molecule has 0 radical (unpaired) electrons. The Morgan fingerprint density at radius 2 is 1.94 bits per heavy atom. The van der Waals surface area contributed by atoms with Gasteiger partial charge in [-0.2, -0.15) is 4.99 Å². The first-order chi connectivity index (χ1) is 8.32. The Labute approximate surface area is 108 Å². The molecule has 0 atom stereocenters. The molecule has 0 bridgehead atoms. The van der Waals surface area contributed by atoms with Crippen LogP contribution in [0.1, 0.15) is 50.3 Å². The van der Waals surface area contributed by atoms with Crippen molar-refractivity contribution in [1.29, 1.82) is 0 Å². The Hall–Kier alpha value is -1.60. The van der Waals surface area contributed by atoms with Gasteiger partial charge in [-0.25, -0.2) is 4.79 Å². The van der Waals surface area contributed by atoms with E-state index in [1.165, 1.54) is 0 Å². The van der Waals surface area contributed by atoms with Crippen molar-refractivity contribution < 1.29 is 9.90 Å². The SMILES string of the molecule is Cc1ccc(C(C)(C)C)c(O)c1C1(N=C=O)CC1. The van der Waals surface area contributed by atoms with Crippen molar-refractivity contribution in [2.45, 2.75) is 51.5 Å². The van der Waals surface area contributed by atoms with Crippen molar-refractivity contribution in [2.75, 3.05) is 0 Å². The van der Waals surface area contributed by atoms with E-state index in [0.29, 0.717) is 5.75 Å². The number of aryl methyl sites for hydroxylation is 1. The van der Waals surface area contributed by atoms with Gasteiger partial charge in [-0.1, -0.05) is 32.9 Å². The number of rotatable bonds is 2. The molecule has 2 rings (SSSR count). The van der Waals surface area contributed by atoms with Gasteiger partial charge in [0.25, 0.3) is 0 Å². The Kier molecular flexibility index (Phi) is 2.83. The van der Waals surface area contributed by atoms with E-state index in [-0.39, 0.29) is 5.41 Å². The van der Waals surface area contributed by atoms with Gasteiger partial charge in [-0.15, -0.1) is 0 Å². The number of nitrogens with zero attached hydrogens (tertiary/aromatic N) is 1. The minimum absolute atomic E-state index is 0.131. The number of carbonyl (C=O) groups excluding carboxylic acids is 1. The molecule has 0 unspecified atom stereocenters. The lowest BCUT2D eigenvalue weighted by atomic mass is 9.82. The zero-order valence-electron chi connectivity index (χ0n) is 11.4. The molecule has 0 heterocycles. The molecule has 0 aromatic heterocycles. The van der Waals surface area contributed by atoms with E-state index in [2.05, 4.69) is 25.8 Å². The highest BCUT2D eigenvalue weighted by Gasteiger charge is 2.48. The lowest BCUT2D eigenvalue weighted by Crippen LogP contribution is -2.15. The van der Waals surface area contributed by atoms with Crippen LogP contribution in [0.3, 0.4) is 0 Å². The number of phenolic OH excluding ortho intramolecular Hbond substituents is 1. The van der Waals surface area contributed by atoms with E-state index >= 15 is 0 Å². The summed E-state index contributed by atoms with van der Waals surface area (Å²) in [5.41, 5.74) is 2.04. The molecule has 1 aliphatic carbocycles. The average Bonchev–Trinajstić information content (AvgIpc) is 2.97. The molecule has 18 heavy (non-hydrogen) atoms. The molecule has 1 N–H and O–H groups in total. The van der Waals surface area contributed by atoms with Crippen molar-refractivity contribution in [3.8, 4) is 5.75 Å². The molecule has 1 aromatic rings. The lowest BCUT2D eigenvalue weighted by Gasteiger charge is -2.24. The quantitative estimate of drug-likeness (QED) is 0.642. The van der Waals surface area contributed by atoms with Crippen LogP contribution in [0.5, 0.6) is 5.75 Å². The van der Waals surface area contributed by atoms with Gasteiger partial charge in [0.05, 0.1) is 0 Å². The highest BCUT2D eigenvalue weighted by Crippen LogP contribution is 2.54. The smallest absolute Gasteiger partial charge is 0.235 e. The minimum atomic E-state index is -0.517. The van der Waals surface area contributed by atoms with Gasteiger partial charge in [-0.3, -0.25) is 0 Å². The Morgan fingerprint density at radius 1 is 1.33 bits per heavy atom. The predicted octanol–water partition coefficient (Wildman–Crippen LogP) is 3.32. The van der Waals surface area contributed by atoms with Gasteiger partial charge >= 0.3 is 0 Å². The van der Waals surface area contributed by atoms with Crippen LogP contribution in [0.25, 0.3) is 0 Å². The van der Waals surface area contributed by atoms with Crippen molar-refractivity contribution in [3.05, 3.63) is 28.8 Å². The summed E-state index contributed by atoms with van der Waals surface area (Å²) in [6, 6.07) is 3.95. The molecule has 3 heteroatoms. The van der Waals surface area contributed by atoms with Crippen LogP contribution < -0.4 is 0 Å². The maximum absolute atomic E-state index is 10.6. The summed E-state index contributed by atoms with van der Waals surface area (Å²) in [4.78, 5) is 14.5. The summed E-state index contributed by atoms with van der Waals surface area (Å²) in [7, 11) is 0. The van der Waals surface area contributed by atoms with Crippen LogP contribution in [0, 0.1) is 6.92 Å². The number of hydrogen-bond donors (Lipinski definition) is 1. The molecular weight excluding hydrogens is 226 g/mol. The average molecular weight is 245 g/mol. The van der Waals surface area contributed by atoms with Gasteiger partial charge in [0.2, 0.25) is 6.08 Å². The Bertz CT molecular complexity index is 530. The van der Waals surface area contributed by atoms with Gasteiger partial charge < -0.3 is 5.11 Å². The van der Waals surface area contributed by atoms with E-state index in [1.54, 1.807) is 6.08 Å². The third kappa shape index (κ3) is 1.95. The van der Waals surface area contributed by atoms with Gasteiger partial charge in [0.15, 0.2) is 0 Å². The fraction of sp³-hybridized carbons (Fsp3) is 0.533. The van der Waals surface area contributed by atoms with Gasteiger partial charge in [-0.05, 0) is 36.3 Å². The van der Waals surface area contributed by atoms with Crippen molar-refractivity contribution in [3.63, 3.8) is 0 Å². The van der Waals surface area contributed by atoms with Crippen LogP contribution in [0.2, 0.25) is 0 Å². The van der Waals surface area contributed by atoms with E-state index in [4.69, 9.17) is 0 Å². The summed E-state index contributed by atoms with van der Waals surface area (Å²) in [6.07, 6.45) is 3.27. The molecule has 1 saturated carbocycles. The highest BCUT2D eigenvalue weighted by atomic mass is 16.3. The van der Waals surface area contributed by atoms with E-state index in [0.717, 1.165) is 29.5 Å². The standard InChI is InChI=1S/C15H19NO2/c1-10-5-6-11(14(2,3)4)13(18)12(10)15(7-8-15)16-9-17/h5-6,18H,7-8H2,1-4H3. The molecule has 96 valence electrons. The first-order valence-corrected chi connectivity index (χ1v) is 6.24. The monoisotopic (exact) mass is 245 g/mol. The van der Waals surface area contributed by atoms with Crippen molar-refractivity contribution in [2.24, 2.45) is 4.99 Å². The molecular formula is C15H19NO2. The highest BCUT2D eigenvalue weighted by molar-refractivity contribution is 5.55. The van der Waals surface area contributed by atoms with Crippen LogP contribution in [-0.2, 0) is 15.7 Å². The normalized spacial score (nSPS) is 17.1. The maximum atomic E-state index is 10.6. The second-order valence-electron chi connectivity index (χ2n) is 6.14. The molecule has 0 saturated heterocycles. The maximum Gasteiger partial charge on any atom is 0.235 e. The molecule has 1 aliphatic rings. The topological polar surface area (TPSA) is 49.7 Å². The molecule has 1 fully saturated rings. The third-order valence-corrected chi connectivity index (χ3v) is 3.64. The summed E-state index contributed by atoms with van der Waals surface area (Å²) in [5, 5.41) is 10.5. The fourth-order valence-electron chi connectivity index (χ4n) is 2.51. The first kappa shape index (κ1) is 12.8. The molecule has 0 spiro atoms. The number of aromatic hydroxyl groups is 1. The van der Waals surface area contributed by atoms with Gasteiger partial charge in [0, 0.05) is 5.56 Å². The van der Waals surface area contributed by atoms with Crippen LogP contribution in [0.15, 0.2) is 17.1 Å². The summed E-state index contributed by atoms with van der Waals surface area (Å²) >= 11 is 0. The summed E-state index contributed by atoms with van der Waals surface area (Å²) in [6.45, 7) is 8.12. The number of benzene rings is 1. The Morgan fingerprint density at radius 3 is 2.39 bits per heavy atom. The molecule has 0 aliphatic heterocycles. The van der Waals surface area contributed by atoms with Crippen LogP contribution in [0.4, 0.5) is 0 Å². The minimum Gasteiger partial charge on any atom is -0.507 e. The van der Waals surface area contributed by atoms with E-state index in [9.17, 15) is 9.90 Å². The zero-order valence-corrected chi connectivity index (χ0v) is 11.4. The second kappa shape index (κ2) is 3.96. The largest absolute Gasteiger partial charge is 0.507 e. The predicted molar refractivity (Wildman–Crippen MR) is 70.6 cm³/mol. The molecule has 0 amide bonds. The fourth-order valence-corrected chi connectivity index (χ4v) is 2.51. The number of aliphatic imine (C=N–C) groups is 1. The number of hydrogen-bond acceptors (Lipinski definition) is 3. The van der Waals surface area contributed by atoms with Crippen molar-refractivity contribution in [1.82, 2.24) is 0 Å². The third-order valence-electron chi connectivity index (χ3n) is 3.64.